The van der Waals surface area contributed by atoms with Gasteiger partial charge in [-0.2, -0.15) is 4.51 Å². The van der Waals surface area contributed by atoms with E-state index in [2.05, 4.69) is 9.25 Å². The number of hydrogen-bond acceptors (Lipinski definition) is 3. The molecule has 0 aromatic rings. The van der Waals surface area contributed by atoms with Crippen molar-refractivity contribution in [2.45, 2.75) is 6.36 Å². The summed E-state index contributed by atoms with van der Waals surface area (Å²) < 4.78 is 41.6. The number of rotatable bonds is 1. The molecule has 0 aromatic carbocycles. The fraction of sp³-hybridized carbons (Fsp3) is 0.250. The number of halogens is 4. The van der Waals surface area contributed by atoms with Gasteiger partial charge in [0.25, 0.3) is 0 Å². The zero-order chi connectivity index (χ0) is 11.5. The molecule has 0 aliphatic heterocycles. The van der Waals surface area contributed by atoms with E-state index in [4.69, 9.17) is 11.8 Å². The molecule has 7 heteroatoms. The molecule has 1 aliphatic carbocycles. The van der Waals surface area contributed by atoms with Gasteiger partial charge in [-0.25, -0.2) is 0 Å². The Morgan fingerprint density at radius 2 is 2.13 bits per heavy atom. The fourth-order valence-corrected chi connectivity index (χ4v) is 1.15. The van der Waals surface area contributed by atoms with E-state index in [1.165, 1.54) is 24.3 Å². The fourth-order valence-electron chi connectivity index (χ4n) is 0.989. The molecular formula is C8H5ClF3NO2. The van der Waals surface area contributed by atoms with Crippen molar-refractivity contribution in [3.8, 4) is 0 Å². The zero-order valence-electron chi connectivity index (χ0n) is 7.16. The van der Waals surface area contributed by atoms with E-state index < -0.39 is 18.2 Å². The Morgan fingerprint density at radius 1 is 1.47 bits per heavy atom. The van der Waals surface area contributed by atoms with Gasteiger partial charge in [0.1, 0.15) is 5.92 Å². The zero-order valence-corrected chi connectivity index (χ0v) is 7.92. The Hall–Kier alpha value is -1.30. The first kappa shape index (κ1) is 11.8. The van der Waals surface area contributed by atoms with E-state index in [0.717, 1.165) is 0 Å². The molecule has 1 rings (SSSR count). The molecule has 0 fully saturated rings. The molecule has 82 valence electrons. The third-order valence-corrected chi connectivity index (χ3v) is 1.76. The van der Waals surface area contributed by atoms with Crippen LogP contribution in [-0.4, -0.2) is 18.0 Å². The van der Waals surface area contributed by atoms with E-state index in [9.17, 15) is 18.0 Å². The standard InChI is InChI=1S/C8H5ClF3NO2/c9-13-6-4-2-1-3-5(6)7(14)15-8(10,11)12/h1-5H. The van der Waals surface area contributed by atoms with Crippen LogP contribution in [-0.2, 0) is 9.53 Å². The number of alkyl halides is 3. The van der Waals surface area contributed by atoms with Crippen molar-refractivity contribution < 1.29 is 22.7 Å². The predicted octanol–water partition coefficient (Wildman–Crippen LogP) is 2.39. The number of carbonyl (C=O) groups excluding carboxylic acids is 1. The third kappa shape index (κ3) is 3.39. The van der Waals surface area contributed by atoms with Gasteiger partial charge in [-0.05, 0) is 6.08 Å². The Kier molecular flexibility index (Phi) is 3.52. The number of nitrogens with zero attached hydrogens (tertiary/aromatic N) is 1. The molecule has 0 amide bonds. The molecule has 1 unspecified atom stereocenters. The second-order valence-electron chi connectivity index (χ2n) is 2.60. The van der Waals surface area contributed by atoms with Crippen LogP contribution >= 0.6 is 11.8 Å². The lowest BCUT2D eigenvalue weighted by atomic mass is 9.99. The minimum absolute atomic E-state index is 0.00779. The summed E-state index contributed by atoms with van der Waals surface area (Å²) >= 11 is 5.10. The van der Waals surface area contributed by atoms with Gasteiger partial charge in [-0.15, -0.1) is 13.2 Å². The summed E-state index contributed by atoms with van der Waals surface area (Å²) in [6, 6.07) is 0. The number of hydrogen-bond donors (Lipinski definition) is 0. The molecule has 0 aromatic heterocycles. The van der Waals surface area contributed by atoms with Crippen LogP contribution in [0.25, 0.3) is 0 Å². The van der Waals surface area contributed by atoms with E-state index in [0.29, 0.717) is 0 Å². The van der Waals surface area contributed by atoms with Crippen LogP contribution in [0, 0.1) is 5.92 Å². The summed E-state index contributed by atoms with van der Waals surface area (Å²) in [4.78, 5) is 11.0. The third-order valence-electron chi connectivity index (χ3n) is 1.57. The summed E-state index contributed by atoms with van der Waals surface area (Å²) in [5.41, 5.74) is 0.00779. The van der Waals surface area contributed by atoms with Crippen LogP contribution in [0.5, 0.6) is 0 Å². The summed E-state index contributed by atoms with van der Waals surface area (Å²) in [5.74, 6) is -2.67. The molecule has 0 saturated heterocycles. The molecule has 0 spiro atoms. The predicted molar refractivity (Wildman–Crippen MR) is 47.2 cm³/mol. The van der Waals surface area contributed by atoms with Crippen LogP contribution in [0.3, 0.4) is 0 Å². The quantitative estimate of drug-likeness (QED) is 0.659. The topological polar surface area (TPSA) is 38.7 Å². The highest BCUT2D eigenvalue weighted by Gasteiger charge is 2.37. The highest BCUT2D eigenvalue weighted by atomic mass is 35.5. The van der Waals surface area contributed by atoms with Crippen molar-refractivity contribution in [1.82, 2.24) is 0 Å². The van der Waals surface area contributed by atoms with E-state index >= 15 is 0 Å². The van der Waals surface area contributed by atoms with Gasteiger partial charge in [0, 0.05) is 11.8 Å². The SMILES string of the molecule is O=C(OC(F)(F)F)C1C=CC=CC1=NCl. The number of allylic oxidation sites excluding steroid dienone is 3. The highest BCUT2D eigenvalue weighted by Crippen LogP contribution is 2.21. The highest BCUT2D eigenvalue weighted by molar-refractivity contribution is 6.25. The van der Waals surface area contributed by atoms with Crippen molar-refractivity contribution in [3.05, 3.63) is 24.3 Å². The lowest BCUT2D eigenvalue weighted by Gasteiger charge is -2.14. The Bertz CT molecular complexity index is 346. The smallest absolute Gasteiger partial charge is 0.372 e. The molecule has 3 nitrogen and oxygen atoms in total. The van der Waals surface area contributed by atoms with Gasteiger partial charge < -0.3 is 4.74 Å². The van der Waals surface area contributed by atoms with Crippen LogP contribution in [0.2, 0.25) is 0 Å². The van der Waals surface area contributed by atoms with Gasteiger partial charge in [0.2, 0.25) is 0 Å². The van der Waals surface area contributed by atoms with E-state index in [-0.39, 0.29) is 5.71 Å². The summed E-state index contributed by atoms with van der Waals surface area (Å²) in [5, 5.41) is 0. The molecule has 0 radical (unpaired) electrons. The first-order valence-corrected chi connectivity index (χ1v) is 4.11. The van der Waals surface area contributed by atoms with Crippen molar-refractivity contribution in [2.75, 3.05) is 0 Å². The molecule has 0 heterocycles. The Balaban J connectivity index is 2.76. The molecule has 0 bridgehead atoms. The normalized spacial score (nSPS) is 23.2. The molecule has 1 aliphatic rings. The summed E-state index contributed by atoms with van der Waals surface area (Å²) in [7, 11) is 0. The number of ether oxygens (including phenoxy) is 1. The monoisotopic (exact) mass is 239 g/mol. The minimum atomic E-state index is -5.00. The van der Waals surface area contributed by atoms with Gasteiger partial charge in [-0.3, -0.25) is 4.79 Å². The number of esters is 1. The molecule has 0 saturated carbocycles. The molecular weight excluding hydrogens is 235 g/mol. The lowest BCUT2D eigenvalue weighted by molar-refractivity contribution is -0.306. The van der Waals surface area contributed by atoms with E-state index in [1.54, 1.807) is 0 Å². The largest absolute Gasteiger partial charge is 0.575 e. The van der Waals surface area contributed by atoms with E-state index in [1.807, 2.05) is 0 Å². The van der Waals surface area contributed by atoms with Crippen molar-refractivity contribution >= 4 is 23.5 Å². The van der Waals surface area contributed by atoms with Gasteiger partial charge in [-0.1, -0.05) is 18.2 Å². The van der Waals surface area contributed by atoms with Crippen LogP contribution in [0.15, 0.2) is 28.8 Å². The second kappa shape index (κ2) is 4.48. The van der Waals surface area contributed by atoms with Crippen molar-refractivity contribution in [3.63, 3.8) is 0 Å². The molecule has 15 heavy (non-hydrogen) atoms. The van der Waals surface area contributed by atoms with Gasteiger partial charge >= 0.3 is 12.3 Å². The number of carbonyl (C=O) groups is 1. The Labute approximate surface area is 88.0 Å². The first-order chi connectivity index (χ1) is 6.94. The minimum Gasteiger partial charge on any atom is -0.372 e. The maximum Gasteiger partial charge on any atom is 0.575 e. The maximum atomic E-state index is 11.7. The molecule has 1 atom stereocenters. The van der Waals surface area contributed by atoms with Crippen LogP contribution < -0.4 is 0 Å². The first-order valence-electron chi connectivity index (χ1n) is 3.77. The Morgan fingerprint density at radius 3 is 2.67 bits per heavy atom. The maximum absolute atomic E-state index is 11.7. The average molecular weight is 240 g/mol. The summed E-state index contributed by atoms with van der Waals surface area (Å²) in [6.45, 7) is 0. The summed E-state index contributed by atoms with van der Waals surface area (Å²) in [6.07, 6.45) is 0.459. The second-order valence-corrected chi connectivity index (χ2v) is 2.77. The average Bonchev–Trinajstić information content (AvgIpc) is 2.15. The molecule has 0 N–H and O–H groups in total. The van der Waals surface area contributed by atoms with Crippen molar-refractivity contribution in [1.29, 1.82) is 0 Å². The van der Waals surface area contributed by atoms with Gasteiger partial charge in [0.15, 0.2) is 0 Å². The van der Waals surface area contributed by atoms with Crippen molar-refractivity contribution in [2.24, 2.45) is 10.4 Å². The van der Waals surface area contributed by atoms with Gasteiger partial charge in [0.05, 0.1) is 5.71 Å². The van der Waals surface area contributed by atoms with Crippen LogP contribution in [0.1, 0.15) is 0 Å². The lowest BCUT2D eigenvalue weighted by Crippen LogP contribution is -2.29. The van der Waals surface area contributed by atoms with Crippen LogP contribution in [0.4, 0.5) is 13.2 Å².